The van der Waals surface area contributed by atoms with Gasteiger partial charge < -0.3 is 14.2 Å². The van der Waals surface area contributed by atoms with Gasteiger partial charge in [0, 0.05) is 31.1 Å². The van der Waals surface area contributed by atoms with E-state index in [1.165, 1.54) is 32.5 Å². The molecule has 2 aliphatic heterocycles. The van der Waals surface area contributed by atoms with Crippen molar-refractivity contribution in [2.75, 3.05) is 37.6 Å². The Kier molecular flexibility index (Phi) is 3.29. The summed E-state index contributed by atoms with van der Waals surface area (Å²) in [6.45, 7) is 5.91. The molecule has 0 amide bonds. The van der Waals surface area contributed by atoms with Crippen molar-refractivity contribution in [3.63, 3.8) is 0 Å². The SMILES string of the molecule is c1cc(-c2cc(N3CC(CN4CCCC4)C3)c3nonc3c2)co1. The first kappa shape index (κ1) is 14.0. The molecule has 0 saturated carbocycles. The quantitative estimate of drug-likeness (QED) is 0.735. The van der Waals surface area contributed by atoms with Gasteiger partial charge in [-0.3, -0.25) is 0 Å². The van der Waals surface area contributed by atoms with Crippen LogP contribution in [0.15, 0.2) is 39.8 Å². The number of benzene rings is 1. The van der Waals surface area contributed by atoms with Crippen LogP contribution in [0.2, 0.25) is 0 Å². The molecule has 0 radical (unpaired) electrons. The summed E-state index contributed by atoms with van der Waals surface area (Å²) in [6, 6.07) is 6.13. The van der Waals surface area contributed by atoms with Gasteiger partial charge in [-0.2, -0.15) is 0 Å². The lowest BCUT2D eigenvalue weighted by molar-refractivity contribution is 0.247. The third-order valence-electron chi connectivity index (χ3n) is 5.21. The zero-order chi connectivity index (χ0) is 15.9. The maximum atomic E-state index is 5.22. The Bertz CT molecular complexity index is 830. The highest BCUT2D eigenvalue weighted by Gasteiger charge is 2.31. The highest BCUT2D eigenvalue weighted by Crippen LogP contribution is 2.35. The molecule has 6 heteroatoms. The number of nitrogens with zero attached hydrogens (tertiary/aromatic N) is 4. The molecule has 1 aromatic carbocycles. The first-order chi connectivity index (χ1) is 11.9. The molecule has 0 bridgehead atoms. The molecule has 2 aliphatic rings. The van der Waals surface area contributed by atoms with Gasteiger partial charge in [-0.15, -0.1) is 0 Å². The van der Waals surface area contributed by atoms with Crippen LogP contribution < -0.4 is 4.90 Å². The van der Waals surface area contributed by atoms with Crippen LogP contribution in [0.3, 0.4) is 0 Å². The summed E-state index contributed by atoms with van der Waals surface area (Å²) < 4.78 is 10.2. The van der Waals surface area contributed by atoms with Gasteiger partial charge in [-0.1, -0.05) is 0 Å². The van der Waals surface area contributed by atoms with E-state index in [9.17, 15) is 0 Å². The van der Waals surface area contributed by atoms with Gasteiger partial charge in [0.1, 0.15) is 5.52 Å². The van der Waals surface area contributed by atoms with Crippen LogP contribution in [0.25, 0.3) is 22.2 Å². The Balaban J connectivity index is 1.39. The molecule has 2 aromatic heterocycles. The van der Waals surface area contributed by atoms with Crippen LogP contribution in [0.4, 0.5) is 5.69 Å². The average molecular weight is 324 g/mol. The zero-order valence-corrected chi connectivity index (χ0v) is 13.5. The number of likely N-dealkylation sites (tertiary alicyclic amines) is 1. The summed E-state index contributed by atoms with van der Waals surface area (Å²) in [5.41, 5.74) is 4.90. The number of furan rings is 1. The molecule has 0 spiro atoms. The molecule has 24 heavy (non-hydrogen) atoms. The largest absolute Gasteiger partial charge is 0.472 e. The van der Waals surface area contributed by atoms with Crippen molar-refractivity contribution >= 4 is 16.7 Å². The average Bonchev–Trinajstić information content (AvgIpc) is 3.31. The molecule has 0 atom stereocenters. The van der Waals surface area contributed by atoms with E-state index >= 15 is 0 Å². The second kappa shape index (κ2) is 5.63. The van der Waals surface area contributed by atoms with Crippen molar-refractivity contribution in [2.45, 2.75) is 12.8 Å². The number of fused-ring (bicyclic) bond motifs is 1. The first-order valence-electron chi connectivity index (χ1n) is 8.63. The van der Waals surface area contributed by atoms with Crippen LogP contribution in [-0.2, 0) is 0 Å². The summed E-state index contributed by atoms with van der Waals surface area (Å²) in [4.78, 5) is 4.98. The molecular formula is C18H20N4O2. The van der Waals surface area contributed by atoms with E-state index in [2.05, 4.69) is 26.2 Å². The number of aromatic nitrogens is 2. The Labute approximate surface area is 140 Å². The normalized spacial score (nSPS) is 19.2. The van der Waals surface area contributed by atoms with Crippen molar-refractivity contribution in [1.29, 1.82) is 0 Å². The van der Waals surface area contributed by atoms with E-state index in [1.54, 1.807) is 12.5 Å². The predicted molar refractivity (Wildman–Crippen MR) is 90.9 cm³/mol. The van der Waals surface area contributed by atoms with Crippen LogP contribution in [0.1, 0.15) is 12.8 Å². The Morgan fingerprint density at radius 2 is 1.96 bits per heavy atom. The maximum Gasteiger partial charge on any atom is 0.158 e. The number of hydrogen-bond acceptors (Lipinski definition) is 6. The lowest BCUT2D eigenvalue weighted by Crippen LogP contribution is -2.51. The fourth-order valence-electron chi connectivity index (χ4n) is 3.92. The summed E-state index contributed by atoms with van der Waals surface area (Å²) in [6.07, 6.45) is 6.16. The van der Waals surface area contributed by atoms with E-state index in [1.807, 2.05) is 12.1 Å². The molecule has 2 fully saturated rings. The lowest BCUT2D eigenvalue weighted by atomic mass is 9.97. The molecule has 4 heterocycles. The summed E-state index contributed by atoms with van der Waals surface area (Å²) >= 11 is 0. The number of anilines is 1. The van der Waals surface area contributed by atoms with Gasteiger partial charge in [0.05, 0.1) is 18.2 Å². The molecular weight excluding hydrogens is 304 g/mol. The van der Waals surface area contributed by atoms with Gasteiger partial charge >= 0.3 is 0 Å². The van der Waals surface area contributed by atoms with Gasteiger partial charge in [0.2, 0.25) is 0 Å². The van der Waals surface area contributed by atoms with Crippen molar-refractivity contribution in [1.82, 2.24) is 15.2 Å². The second-order valence-corrected chi connectivity index (χ2v) is 6.92. The molecule has 0 unspecified atom stereocenters. The van der Waals surface area contributed by atoms with Gasteiger partial charge in [0.25, 0.3) is 0 Å². The maximum absolute atomic E-state index is 5.22. The van der Waals surface area contributed by atoms with Gasteiger partial charge in [-0.25, -0.2) is 4.63 Å². The lowest BCUT2D eigenvalue weighted by Gasteiger charge is -2.42. The minimum Gasteiger partial charge on any atom is -0.472 e. The number of rotatable bonds is 4. The Hall–Kier alpha value is -2.34. The molecule has 0 aliphatic carbocycles. The fraction of sp³-hybridized carbons (Fsp3) is 0.444. The fourth-order valence-corrected chi connectivity index (χ4v) is 3.92. The third kappa shape index (κ3) is 2.38. The van der Waals surface area contributed by atoms with Crippen molar-refractivity contribution < 1.29 is 9.05 Å². The minimum atomic E-state index is 0.746. The van der Waals surface area contributed by atoms with Crippen LogP contribution >= 0.6 is 0 Å². The minimum absolute atomic E-state index is 0.746. The van der Waals surface area contributed by atoms with Gasteiger partial charge in [-0.05, 0) is 60.0 Å². The third-order valence-corrected chi connectivity index (χ3v) is 5.21. The molecule has 6 nitrogen and oxygen atoms in total. The van der Waals surface area contributed by atoms with E-state index in [0.29, 0.717) is 0 Å². The zero-order valence-electron chi connectivity index (χ0n) is 13.5. The Morgan fingerprint density at radius 3 is 2.75 bits per heavy atom. The molecule has 2 saturated heterocycles. The monoisotopic (exact) mass is 324 g/mol. The first-order valence-corrected chi connectivity index (χ1v) is 8.63. The van der Waals surface area contributed by atoms with Crippen LogP contribution in [0, 0.1) is 5.92 Å². The van der Waals surface area contributed by atoms with Gasteiger partial charge in [0.15, 0.2) is 5.52 Å². The second-order valence-electron chi connectivity index (χ2n) is 6.92. The summed E-state index contributed by atoms with van der Waals surface area (Å²) in [5, 5.41) is 8.15. The molecule has 124 valence electrons. The highest BCUT2D eigenvalue weighted by molar-refractivity contribution is 5.92. The van der Waals surface area contributed by atoms with E-state index in [0.717, 1.165) is 46.9 Å². The summed E-state index contributed by atoms with van der Waals surface area (Å²) in [5.74, 6) is 0.746. The van der Waals surface area contributed by atoms with Crippen molar-refractivity contribution in [2.24, 2.45) is 5.92 Å². The highest BCUT2D eigenvalue weighted by atomic mass is 16.6. The van der Waals surface area contributed by atoms with E-state index < -0.39 is 0 Å². The topological polar surface area (TPSA) is 58.5 Å². The molecule has 0 N–H and O–H groups in total. The van der Waals surface area contributed by atoms with E-state index in [-0.39, 0.29) is 0 Å². The molecule has 5 rings (SSSR count). The van der Waals surface area contributed by atoms with E-state index in [4.69, 9.17) is 9.05 Å². The van der Waals surface area contributed by atoms with Crippen molar-refractivity contribution in [3.05, 3.63) is 30.7 Å². The molecule has 3 aromatic rings. The summed E-state index contributed by atoms with van der Waals surface area (Å²) in [7, 11) is 0. The predicted octanol–water partition coefficient (Wildman–Crippen LogP) is 3.01. The van der Waals surface area contributed by atoms with Crippen molar-refractivity contribution in [3.8, 4) is 11.1 Å². The number of hydrogen-bond donors (Lipinski definition) is 0. The van der Waals surface area contributed by atoms with Crippen LogP contribution in [-0.4, -0.2) is 47.9 Å². The van der Waals surface area contributed by atoms with Crippen LogP contribution in [0.5, 0.6) is 0 Å². The Morgan fingerprint density at radius 1 is 1.08 bits per heavy atom. The standard InChI is InChI=1S/C18H20N4O2/c1-2-5-21(4-1)9-13-10-22(11-13)17-8-15(14-3-6-23-12-14)7-16-18(17)20-24-19-16/h3,6-8,12-13H,1-2,4-5,9-11H2. The smallest absolute Gasteiger partial charge is 0.158 e.